The predicted molar refractivity (Wildman–Crippen MR) is 91.5 cm³/mol. The fourth-order valence-electron chi connectivity index (χ4n) is 2.88. The molecule has 0 aliphatic heterocycles. The summed E-state index contributed by atoms with van der Waals surface area (Å²) in [5.41, 5.74) is 6.74. The van der Waals surface area contributed by atoms with Gasteiger partial charge in [-0.2, -0.15) is 5.10 Å². The van der Waals surface area contributed by atoms with Crippen molar-refractivity contribution in [2.24, 2.45) is 12.8 Å². The van der Waals surface area contributed by atoms with E-state index in [9.17, 15) is 14.4 Å². The van der Waals surface area contributed by atoms with Gasteiger partial charge < -0.3 is 11.1 Å². The highest BCUT2D eigenvalue weighted by Gasteiger charge is 2.24. The summed E-state index contributed by atoms with van der Waals surface area (Å²) >= 11 is 1.40. The summed E-state index contributed by atoms with van der Waals surface area (Å²) in [5, 5.41) is 7.12. The van der Waals surface area contributed by atoms with E-state index >= 15 is 0 Å². The van der Waals surface area contributed by atoms with E-state index in [0.29, 0.717) is 10.6 Å². The van der Waals surface area contributed by atoms with Crippen LogP contribution in [0.25, 0.3) is 0 Å². The molecule has 0 saturated heterocycles. The number of nitrogens with one attached hydrogen (secondary N) is 1. The maximum absolute atomic E-state index is 12.4. The summed E-state index contributed by atoms with van der Waals surface area (Å²) in [6.45, 7) is 0. The molecule has 0 bridgehead atoms. The molecule has 1 aliphatic carbocycles. The largest absolute Gasteiger partial charge is 0.365 e. The Bertz CT molecular complexity index is 869. The Morgan fingerprint density at radius 1 is 1.25 bits per heavy atom. The number of nitrogens with two attached hydrogens (primary N) is 1. The van der Waals surface area contributed by atoms with Crippen LogP contribution in [0.3, 0.4) is 0 Å². The molecular weight excluding hydrogens is 328 g/mol. The van der Waals surface area contributed by atoms with Crippen LogP contribution in [0.1, 0.15) is 50.5 Å². The maximum atomic E-state index is 12.4. The first kappa shape index (κ1) is 16.4. The average Bonchev–Trinajstić information content (AvgIpc) is 2.71. The molecule has 0 radical (unpaired) electrons. The van der Waals surface area contributed by atoms with Gasteiger partial charge in [-0.3, -0.25) is 14.4 Å². The van der Waals surface area contributed by atoms with E-state index in [1.165, 1.54) is 30.5 Å². The molecule has 2 heterocycles. The van der Waals surface area contributed by atoms with E-state index in [4.69, 9.17) is 5.73 Å². The number of carbonyl (C=O) groups excluding carboxylic acids is 2. The van der Waals surface area contributed by atoms with Crippen molar-refractivity contribution >= 4 is 28.2 Å². The van der Waals surface area contributed by atoms with Gasteiger partial charge >= 0.3 is 0 Å². The molecule has 8 heteroatoms. The zero-order chi connectivity index (χ0) is 17.3. The van der Waals surface area contributed by atoms with Crippen molar-refractivity contribution in [2.75, 3.05) is 5.32 Å². The first-order valence-corrected chi connectivity index (χ1v) is 8.59. The van der Waals surface area contributed by atoms with Crippen LogP contribution in [0, 0.1) is 0 Å². The molecule has 3 rings (SSSR count). The normalized spacial score (nSPS) is 13.9. The third kappa shape index (κ3) is 3.09. The van der Waals surface area contributed by atoms with Crippen molar-refractivity contribution in [1.82, 2.24) is 9.78 Å². The molecule has 7 nitrogen and oxygen atoms in total. The minimum atomic E-state index is -0.530. The van der Waals surface area contributed by atoms with Crippen molar-refractivity contribution in [3.8, 4) is 0 Å². The number of primary amides is 1. The van der Waals surface area contributed by atoms with Gasteiger partial charge in [0.15, 0.2) is 0 Å². The van der Waals surface area contributed by atoms with Gasteiger partial charge in [0.1, 0.15) is 10.7 Å². The van der Waals surface area contributed by atoms with Gasteiger partial charge in [0.2, 0.25) is 0 Å². The number of aryl methyl sites for hydroxylation is 2. The lowest BCUT2D eigenvalue weighted by atomic mass is 10.1. The molecule has 1 aliphatic rings. The molecule has 0 fully saturated rings. The zero-order valence-electron chi connectivity index (χ0n) is 13.3. The Morgan fingerprint density at radius 3 is 2.71 bits per heavy atom. The molecular formula is C16H18N4O3S. The molecule has 2 amide bonds. The Balaban J connectivity index is 1.94. The van der Waals surface area contributed by atoms with E-state index < -0.39 is 11.8 Å². The molecule has 126 valence electrons. The van der Waals surface area contributed by atoms with Gasteiger partial charge in [-0.15, -0.1) is 11.3 Å². The van der Waals surface area contributed by atoms with Crippen LogP contribution in [0.2, 0.25) is 0 Å². The SMILES string of the molecule is Cn1nc(C(=O)Nc2sc3c(c2C(N)=O)CCCCC3)ccc1=O. The van der Waals surface area contributed by atoms with Crippen molar-refractivity contribution in [3.63, 3.8) is 0 Å². The standard InChI is InChI=1S/C16H18N4O3S/c1-20-12(21)8-7-10(19-20)15(23)18-16-13(14(17)22)9-5-3-2-4-6-11(9)24-16/h7-8H,2-6H2,1H3,(H2,17,22)(H,18,23). The fourth-order valence-corrected chi connectivity index (χ4v) is 4.17. The molecule has 2 aromatic heterocycles. The second-order valence-corrected chi connectivity index (χ2v) is 6.87. The molecule has 0 unspecified atom stereocenters. The molecule has 24 heavy (non-hydrogen) atoms. The predicted octanol–water partition coefficient (Wildman–Crippen LogP) is 1.46. The number of aromatic nitrogens is 2. The summed E-state index contributed by atoms with van der Waals surface area (Å²) in [6.07, 6.45) is 4.91. The molecule has 2 aromatic rings. The molecule has 0 aromatic carbocycles. The summed E-state index contributed by atoms with van der Waals surface area (Å²) in [5.74, 6) is -0.998. The molecule has 3 N–H and O–H groups in total. The van der Waals surface area contributed by atoms with Crippen molar-refractivity contribution in [3.05, 3.63) is 44.2 Å². The van der Waals surface area contributed by atoms with Crippen molar-refractivity contribution in [1.29, 1.82) is 0 Å². The lowest BCUT2D eigenvalue weighted by molar-refractivity contribution is 0.100. The van der Waals surface area contributed by atoms with Crippen LogP contribution in [-0.2, 0) is 19.9 Å². The highest BCUT2D eigenvalue weighted by Crippen LogP contribution is 2.37. The number of nitrogens with zero attached hydrogens (tertiary/aromatic N) is 2. The number of fused-ring (bicyclic) bond motifs is 1. The second kappa shape index (κ2) is 6.56. The van der Waals surface area contributed by atoms with Crippen LogP contribution >= 0.6 is 11.3 Å². The average molecular weight is 346 g/mol. The third-order valence-corrected chi connectivity index (χ3v) is 5.30. The highest BCUT2D eigenvalue weighted by molar-refractivity contribution is 7.17. The summed E-state index contributed by atoms with van der Waals surface area (Å²) in [4.78, 5) is 36.8. The Hall–Kier alpha value is -2.48. The van der Waals surface area contributed by atoms with Gasteiger partial charge in [0.25, 0.3) is 17.4 Å². The fraction of sp³-hybridized carbons (Fsp3) is 0.375. The Kier molecular flexibility index (Phi) is 4.48. The molecule has 0 saturated carbocycles. The van der Waals surface area contributed by atoms with E-state index in [0.717, 1.165) is 47.2 Å². The lowest BCUT2D eigenvalue weighted by Crippen LogP contribution is -2.24. The van der Waals surface area contributed by atoms with E-state index in [1.54, 1.807) is 0 Å². The number of rotatable bonds is 3. The number of anilines is 1. The van der Waals surface area contributed by atoms with Crippen LogP contribution in [-0.4, -0.2) is 21.6 Å². The highest BCUT2D eigenvalue weighted by atomic mass is 32.1. The summed E-state index contributed by atoms with van der Waals surface area (Å²) < 4.78 is 1.09. The van der Waals surface area contributed by atoms with Crippen LogP contribution in [0.15, 0.2) is 16.9 Å². The van der Waals surface area contributed by atoms with E-state index in [-0.39, 0.29) is 11.3 Å². The number of carbonyl (C=O) groups is 2. The monoisotopic (exact) mass is 346 g/mol. The molecule has 0 atom stereocenters. The maximum Gasteiger partial charge on any atom is 0.276 e. The van der Waals surface area contributed by atoms with Crippen molar-refractivity contribution in [2.45, 2.75) is 32.1 Å². The first-order valence-electron chi connectivity index (χ1n) is 7.77. The van der Waals surface area contributed by atoms with E-state index in [1.807, 2.05) is 0 Å². The summed E-state index contributed by atoms with van der Waals surface area (Å²) in [6, 6.07) is 2.64. The topological polar surface area (TPSA) is 107 Å². The minimum absolute atomic E-state index is 0.108. The van der Waals surface area contributed by atoms with Gasteiger partial charge in [-0.1, -0.05) is 6.42 Å². The number of hydrogen-bond donors (Lipinski definition) is 2. The first-order chi connectivity index (χ1) is 11.5. The number of thiophene rings is 1. The van der Waals surface area contributed by atoms with Gasteiger partial charge in [0, 0.05) is 18.0 Å². The second-order valence-electron chi connectivity index (χ2n) is 5.77. The van der Waals surface area contributed by atoms with E-state index in [2.05, 4.69) is 10.4 Å². The van der Waals surface area contributed by atoms with Gasteiger partial charge in [-0.25, -0.2) is 4.68 Å². The van der Waals surface area contributed by atoms with Crippen LogP contribution in [0.5, 0.6) is 0 Å². The van der Waals surface area contributed by atoms with Gasteiger partial charge in [-0.05, 0) is 37.3 Å². The number of hydrogen-bond acceptors (Lipinski definition) is 5. The van der Waals surface area contributed by atoms with Crippen LogP contribution in [0.4, 0.5) is 5.00 Å². The zero-order valence-corrected chi connectivity index (χ0v) is 14.1. The van der Waals surface area contributed by atoms with Gasteiger partial charge in [0.05, 0.1) is 5.56 Å². The Morgan fingerprint density at radius 2 is 2.00 bits per heavy atom. The minimum Gasteiger partial charge on any atom is -0.365 e. The smallest absolute Gasteiger partial charge is 0.276 e. The van der Waals surface area contributed by atoms with Crippen LogP contribution < -0.4 is 16.6 Å². The quantitative estimate of drug-likeness (QED) is 0.820. The summed E-state index contributed by atoms with van der Waals surface area (Å²) in [7, 11) is 1.47. The Labute approximate surface area is 142 Å². The van der Waals surface area contributed by atoms with Crippen molar-refractivity contribution < 1.29 is 9.59 Å². The molecule has 0 spiro atoms. The number of amides is 2. The third-order valence-electron chi connectivity index (χ3n) is 4.09. The lowest BCUT2D eigenvalue weighted by Gasteiger charge is -2.06.